The molecule has 1 heterocycles. The van der Waals surface area contributed by atoms with E-state index >= 15 is 0 Å². The standard InChI is InChI=1S/C15H30O2/c1-2-3-4-5-6-7-8-9-12-16-13-10-15-11-14-17-15/h15H,2-14H2,1H3. The predicted octanol–water partition coefficient (Wildman–Crippen LogP) is 4.32. The van der Waals surface area contributed by atoms with E-state index in [0.717, 1.165) is 26.2 Å². The Morgan fingerprint density at radius 2 is 1.59 bits per heavy atom. The Balaban J connectivity index is 1.64. The van der Waals surface area contributed by atoms with Gasteiger partial charge < -0.3 is 9.47 Å². The minimum Gasteiger partial charge on any atom is -0.381 e. The summed E-state index contributed by atoms with van der Waals surface area (Å²) in [6.45, 7) is 5.07. The van der Waals surface area contributed by atoms with Gasteiger partial charge in [0.1, 0.15) is 0 Å². The van der Waals surface area contributed by atoms with E-state index in [0.29, 0.717) is 6.10 Å². The molecule has 0 aromatic heterocycles. The minimum absolute atomic E-state index is 0.508. The zero-order valence-corrected chi connectivity index (χ0v) is 11.6. The second-order valence-corrected chi connectivity index (χ2v) is 5.16. The third-order valence-electron chi connectivity index (χ3n) is 3.52. The first kappa shape index (κ1) is 15.0. The first-order valence-electron chi connectivity index (χ1n) is 7.63. The van der Waals surface area contributed by atoms with Gasteiger partial charge in [0.15, 0.2) is 0 Å². The van der Waals surface area contributed by atoms with Crippen LogP contribution in [0.15, 0.2) is 0 Å². The zero-order chi connectivity index (χ0) is 12.2. The summed E-state index contributed by atoms with van der Waals surface area (Å²) in [6, 6.07) is 0. The fourth-order valence-corrected chi connectivity index (χ4v) is 2.17. The van der Waals surface area contributed by atoms with Crippen molar-refractivity contribution in [3.8, 4) is 0 Å². The van der Waals surface area contributed by atoms with Gasteiger partial charge in [-0.3, -0.25) is 0 Å². The lowest BCUT2D eigenvalue weighted by atomic mass is 10.1. The molecule has 1 fully saturated rings. The van der Waals surface area contributed by atoms with Crippen molar-refractivity contribution in [2.24, 2.45) is 0 Å². The number of rotatable bonds is 12. The molecule has 0 spiro atoms. The predicted molar refractivity (Wildman–Crippen MR) is 72.4 cm³/mol. The maximum Gasteiger partial charge on any atom is 0.0619 e. The fraction of sp³-hybridized carbons (Fsp3) is 1.00. The maximum atomic E-state index is 5.61. The molecule has 0 bridgehead atoms. The van der Waals surface area contributed by atoms with E-state index in [2.05, 4.69) is 6.92 Å². The van der Waals surface area contributed by atoms with Gasteiger partial charge in [-0.05, 0) is 19.3 Å². The van der Waals surface area contributed by atoms with Crippen LogP contribution in [0.2, 0.25) is 0 Å². The summed E-state index contributed by atoms with van der Waals surface area (Å²) in [6.07, 6.45) is 13.8. The third kappa shape index (κ3) is 8.62. The van der Waals surface area contributed by atoms with Crippen LogP contribution in [0.1, 0.15) is 71.1 Å². The summed E-state index contributed by atoms with van der Waals surface area (Å²) in [7, 11) is 0. The van der Waals surface area contributed by atoms with Crippen LogP contribution < -0.4 is 0 Å². The molecule has 0 saturated carbocycles. The third-order valence-corrected chi connectivity index (χ3v) is 3.52. The fourth-order valence-electron chi connectivity index (χ4n) is 2.17. The highest BCUT2D eigenvalue weighted by Crippen LogP contribution is 2.14. The summed E-state index contributed by atoms with van der Waals surface area (Å²) in [4.78, 5) is 0. The van der Waals surface area contributed by atoms with Gasteiger partial charge >= 0.3 is 0 Å². The molecule has 2 heteroatoms. The molecule has 0 aliphatic carbocycles. The topological polar surface area (TPSA) is 18.5 Å². The van der Waals surface area contributed by atoms with Crippen molar-refractivity contribution in [3.05, 3.63) is 0 Å². The van der Waals surface area contributed by atoms with Gasteiger partial charge in [-0.2, -0.15) is 0 Å². The van der Waals surface area contributed by atoms with Crippen molar-refractivity contribution >= 4 is 0 Å². The van der Waals surface area contributed by atoms with Crippen LogP contribution >= 0.6 is 0 Å². The van der Waals surface area contributed by atoms with Gasteiger partial charge in [0.2, 0.25) is 0 Å². The first-order chi connectivity index (χ1) is 8.43. The Bertz CT molecular complexity index is 155. The SMILES string of the molecule is CCCCCCCCCCOCCC1CCO1. The molecule has 17 heavy (non-hydrogen) atoms. The Kier molecular flexibility index (Phi) is 9.72. The van der Waals surface area contributed by atoms with E-state index in [1.54, 1.807) is 0 Å². The Labute approximate surface area is 107 Å². The molecule has 1 saturated heterocycles. The molecule has 1 aliphatic rings. The lowest BCUT2D eigenvalue weighted by Gasteiger charge is -2.26. The summed E-state index contributed by atoms with van der Waals surface area (Å²) in [5, 5.41) is 0. The lowest BCUT2D eigenvalue weighted by molar-refractivity contribution is -0.0665. The number of unbranched alkanes of at least 4 members (excludes halogenated alkanes) is 7. The highest BCUT2D eigenvalue weighted by Gasteiger charge is 2.16. The Hall–Kier alpha value is -0.0800. The molecule has 1 aliphatic heterocycles. The van der Waals surface area contributed by atoms with Crippen LogP contribution in [0, 0.1) is 0 Å². The van der Waals surface area contributed by atoms with Gasteiger partial charge in [0.05, 0.1) is 6.10 Å². The minimum atomic E-state index is 0.508. The normalized spacial score (nSPS) is 19.2. The van der Waals surface area contributed by atoms with Gasteiger partial charge in [-0.15, -0.1) is 0 Å². The maximum absolute atomic E-state index is 5.61. The van der Waals surface area contributed by atoms with Crippen LogP contribution in [0.5, 0.6) is 0 Å². The molecule has 1 rings (SSSR count). The highest BCUT2D eigenvalue weighted by atomic mass is 16.5. The van der Waals surface area contributed by atoms with Crippen LogP contribution in [0.25, 0.3) is 0 Å². The van der Waals surface area contributed by atoms with Crippen molar-refractivity contribution < 1.29 is 9.47 Å². The van der Waals surface area contributed by atoms with Crippen LogP contribution in [-0.4, -0.2) is 25.9 Å². The molecule has 2 nitrogen and oxygen atoms in total. The van der Waals surface area contributed by atoms with Crippen LogP contribution in [-0.2, 0) is 9.47 Å². The van der Waals surface area contributed by atoms with Gasteiger partial charge in [0, 0.05) is 19.8 Å². The molecule has 0 aromatic rings. The quantitative estimate of drug-likeness (QED) is 0.474. The number of ether oxygens (including phenoxy) is 2. The zero-order valence-electron chi connectivity index (χ0n) is 11.6. The average Bonchev–Trinajstić information content (AvgIpc) is 2.28. The molecule has 1 unspecified atom stereocenters. The molecule has 0 aromatic carbocycles. The lowest BCUT2D eigenvalue weighted by Crippen LogP contribution is -2.27. The van der Waals surface area contributed by atoms with E-state index in [9.17, 15) is 0 Å². The molecule has 0 N–H and O–H groups in total. The van der Waals surface area contributed by atoms with Crippen molar-refractivity contribution in [2.45, 2.75) is 77.2 Å². The summed E-state index contributed by atoms with van der Waals surface area (Å²) in [5.41, 5.74) is 0. The molecule has 0 amide bonds. The summed E-state index contributed by atoms with van der Waals surface area (Å²) >= 11 is 0. The van der Waals surface area contributed by atoms with Crippen molar-refractivity contribution in [3.63, 3.8) is 0 Å². The number of hydrogen-bond acceptors (Lipinski definition) is 2. The Morgan fingerprint density at radius 3 is 2.18 bits per heavy atom. The average molecular weight is 242 g/mol. The summed E-state index contributed by atoms with van der Waals surface area (Å²) in [5.74, 6) is 0. The molecule has 0 radical (unpaired) electrons. The van der Waals surface area contributed by atoms with E-state index in [1.165, 1.54) is 57.8 Å². The largest absolute Gasteiger partial charge is 0.381 e. The van der Waals surface area contributed by atoms with Gasteiger partial charge in [-0.25, -0.2) is 0 Å². The van der Waals surface area contributed by atoms with E-state index < -0.39 is 0 Å². The first-order valence-corrected chi connectivity index (χ1v) is 7.63. The van der Waals surface area contributed by atoms with Gasteiger partial charge in [0.25, 0.3) is 0 Å². The van der Waals surface area contributed by atoms with E-state index in [4.69, 9.17) is 9.47 Å². The van der Waals surface area contributed by atoms with Crippen molar-refractivity contribution in [2.75, 3.05) is 19.8 Å². The second kappa shape index (κ2) is 11.0. The molecule has 1 atom stereocenters. The number of hydrogen-bond donors (Lipinski definition) is 0. The van der Waals surface area contributed by atoms with E-state index in [-0.39, 0.29) is 0 Å². The Morgan fingerprint density at radius 1 is 0.941 bits per heavy atom. The molecule has 102 valence electrons. The molecular weight excluding hydrogens is 212 g/mol. The van der Waals surface area contributed by atoms with Crippen LogP contribution in [0.4, 0.5) is 0 Å². The van der Waals surface area contributed by atoms with Gasteiger partial charge in [-0.1, -0.05) is 51.9 Å². The monoisotopic (exact) mass is 242 g/mol. The molecular formula is C15H30O2. The second-order valence-electron chi connectivity index (χ2n) is 5.16. The smallest absolute Gasteiger partial charge is 0.0619 e. The van der Waals surface area contributed by atoms with E-state index in [1.807, 2.05) is 0 Å². The van der Waals surface area contributed by atoms with Crippen molar-refractivity contribution in [1.29, 1.82) is 0 Å². The van der Waals surface area contributed by atoms with Crippen molar-refractivity contribution in [1.82, 2.24) is 0 Å². The highest BCUT2D eigenvalue weighted by molar-refractivity contribution is 4.65. The summed E-state index contributed by atoms with van der Waals surface area (Å²) < 4.78 is 10.9. The van der Waals surface area contributed by atoms with Crippen LogP contribution in [0.3, 0.4) is 0 Å².